The van der Waals surface area contributed by atoms with Gasteiger partial charge in [-0.15, -0.1) is 11.4 Å². The molecule has 0 spiro atoms. The predicted octanol–water partition coefficient (Wildman–Crippen LogP) is -12.7. The van der Waals surface area contributed by atoms with Crippen LogP contribution in [0.1, 0.15) is 0 Å². The van der Waals surface area contributed by atoms with Gasteiger partial charge in [-0.1, -0.05) is 0 Å². The molecule has 0 unspecified atom stereocenters. The summed E-state index contributed by atoms with van der Waals surface area (Å²) in [6.07, 6.45) is 0. The van der Waals surface area contributed by atoms with E-state index in [4.69, 9.17) is 13.3 Å². The van der Waals surface area contributed by atoms with Crippen LogP contribution < -0.4 is 59.1 Å². The topological polar surface area (TPSA) is 290 Å². The second-order valence-corrected chi connectivity index (χ2v) is 3.22. The standard InChI is InChI=1S/C6H16N2.2Na.H2O3S.7H2O/c1-7(2)5-6-8(3)4;;;1-4(2)3;;;;;;;/h5-6H2,1-4H3;;;(H2,1,2,3);7*1H2/q;2*+1;;;;;;;;/p-2. The molecule has 12 nitrogen and oxygen atoms in total. The normalized spacial score (nSPS) is 5.95. The van der Waals surface area contributed by atoms with E-state index in [0.717, 1.165) is 13.1 Å². The number of hydrogen-bond acceptors (Lipinski definition) is 5. The van der Waals surface area contributed by atoms with Crippen LogP contribution in [0, 0.1) is 0 Å². The van der Waals surface area contributed by atoms with Gasteiger partial charge < -0.3 is 57.2 Å². The van der Waals surface area contributed by atoms with Crippen LogP contribution in [0.25, 0.3) is 0 Å². The van der Waals surface area contributed by atoms with Crippen LogP contribution in [0.4, 0.5) is 0 Å². The molecule has 0 aromatic rings. The average Bonchev–Trinajstić information content (AvgIpc) is 1.82. The quantitative estimate of drug-likeness (QED) is 0.345. The summed E-state index contributed by atoms with van der Waals surface area (Å²) in [5.41, 5.74) is 0. The summed E-state index contributed by atoms with van der Waals surface area (Å²) < 4.78 is 25.3. The summed E-state index contributed by atoms with van der Waals surface area (Å²) >= 11 is -3.11. The van der Waals surface area contributed by atoms with Crippen molar-refractivity contribution in [1.29, 1.82) is 0 Å². The Hall–Kier alpha value is 1.71. The van der Waals surface area contributed by atoms with Crippen molar-refractivity contribution in [3.05, 3.63) is 0 Å². The second kappa shape index (κ2) is 57.6. The molecular weight excluding hydrogens is 338 g/mol. The van der Waals surface area contributed by atoms with Gasteiger partial charge in [-0.05, 0) is 28.2 Å². The van der Waals surface area contributed by atoms with Gasteiger partial charge in [0.2, 0.25) is 0 Å². The number of rotatable bonds is 3. The third-order valence-electron chi connectivity index (χ3n) is 0.994. The molecule has 0 aliphatic rings. The summed E-state index contributed by atoms with van der Waals surface area (Å²) in [4.78, 5) is 4.36. The smallest absolute Gasteiger partial charge is 0.784 e. The van der Waals surface area contributed by atoms with Gasteiger partial charge in [-0.3, -0.25) is 4.21 Å². The monoisotopic (exact) mass is 368 g/mol. The molecule has 0 rings (SSSR count). The van der Waals surface area contributed by atoms with E-state index in [9.17, 15) is 0 Å². The van der Waals surface area contributed by atoms with Crippen LogP contribution in [-0.4, -0.2) is 103 Å². The Bertz CT molecular complexity index is 126. The Kier molecular flexibility index (Phi) is 214. The van der Waals surface area contributed by atoms with Gasteiger partial charge >= 0.3 is 59.1 Å². The minimum absolute atomic E-state index is 0. The van der Waals surface area contributed by atoms with Crippen molar-refractivity contribution < 1.29 is 111 Å². The minimum Gasteiger partial charge on any atom is -0.784 e. The Morgan fingerprint density at radius 3 is 0.810 bits per heavy atom. The van der Waals surface area contributed by atoms with Gasteiger partial charge in [0.1, 0.15) is 0 Å². The Balaban J connectivity index is -0.00000000794. The van der Waals surface area contributed by atoms with E-state index in [1.165, 1.54) is 0 Å². The van der Waals surface area contributed by atoms with Crippen molar-refractivity contribution in [3.8, 4) is 0 Å². The number of nitrogens with zero attached hydrogens (tertiary/aromatic N) is 2. The van der Waals surface area contributed by atoms with E-state index in [1.54, 1.807) is 0 Å². The van der Waals surface area contributed by atoms with E-state index in [-0.39, 0.29) is 97.4 Å². The van der Waals surface area contributed by atoms with Crippen molar-refractivity contribution in [2.45, 2.75) is 0 Å². The van der Waals surface area contributed by atoms with Gasteiger partial charge in [0.25, 0.3) is 0 Å². The molecular formula is C6H30N2Na2O10S. The van der Waals surface area contributed by atoms with Crippen LogP contribution >= 0.6 is 0 Å². The van der Waals surface area contributed by atoms with Crippen LogP contribution in [0.15, 0.2) is 0 Å². The van der Waals surface area contributed by atoms with Crippen LogP contribution in [0.5, 0.6) is 0 Å². The van der Waals surface area contributed by atoms with Crippen molar-refractivity contribution in [2.24, 2.45) is 0 Å². The third-order valence-corrected chi connectivity index (χ3v) is 0.994. The molecule has 0 heterocycles. The molecule has 0 radical (unpaired) electrons. The molecule has 21 heavy (non-hydrogen) atoms. The van der Waals surface area contributed by atoms with Gasteiger partial charge in [-0.2, -0.15) is 0 Å². The first kappa shape index (κ1) is 78.1. The zero-order valence-corrected chi connectivity index (χ0v) is 18.3. The third kappa shape index (κ3) is 187. The Labute approximate surface area is 172 Å². The molecule has 0 aliphatic carbocycles. The fraction of sp³-hybridized carbons (Fsp3) is 1.00. The van der Waals surface area contributed by atoms with Gasteiger partial charge in [0, 0.05) is 13.1 Å². The molecule has 0 aliphatic heterocycles. The summed E-state index contributed by atoms with van der Waals surface area (Å²) in [6.45, 7) is 2.29. The van der Waals surface area contributed by atoms with E-state index in [2.05, 4.69) is 38.0 Å². The molecule has 0 saturated heterocycles. The first-order valence-corrected chi connectivity index (χ1v) is 4.42. The molecule has 0 aromatic carbocycles. The molecule has 0 amide bonds. The summed E-state index contributed by atoms with van der Waals surface area (Å²) in [6, 6.07) is 0. The maximum absolute atomic E-state index is 8.44. The zero-order chi connectivity index (χ0) is 10.1. The van der Waals surface area contributed by atoms with Crippen molar-refractivity contribution in [1.82, 2.24) is 9.80 Å². The maximum Gasteiger partial charge on any atom is 1.00 e. The Morgan fingerprint density at radius 1 is 0.667 bits per heavy atom. The maximum atomic E-state index is 8.44. The van der Waals surface area contributed by atoms with Crippen molar-refractivity contribution >= 4 is 11.4 Å². The van der Waals surface area contributed by atoms with Crippen molar-refractivity contribution in [2.75, 3.05) is 41.3 Å². The molecule has 0 saturated carbocycles. The molecule has 15 heteroatoms. The van der Waals surface area contributed by atoms with Crippen LogP contribution in [-0.2, 0) is 11.4 Å². The number of hydrogen-bond donors (Lipinski definition) is 0. The second-order valence-electron chi connectivity index (χ2n) is 2.81. The SMILES string of the molecule is CN(C)CCN(C)C.O.O.O.O.O.O.O.O=S([O-])[O-].[Na+].[Na+]. The molecule has 0 atom stereocenters. The summed E-state index contributed by atoms with van der Waals surface area (Å²) in [7, 11) is 8.35. The first-order valence-electron chi connectivity index (χ1n) is 3.42. The van der Waals surface area contributed by atoms with Crippen LogP contribution in [0.3, 0.4) is 0 Å². The number of likely N-dealkylation sites (N-methyl/N-ethyl adjacent to an activating group) is 2. The van der Waals surface area contributed by atoms with E-state index in [1.807, 2.05) is 0 Å². The van der Waals surface area contributed by atoms with Gasteiger partial charge in [-0.25, -0.2) is 0 Å². The predicted molar refractivity (Wildman–Crippen MR) is 72.1 cm³/mol. The van der Waals surface area contributed by atoms with E-state index in [0.29, 0.717) is 0 Å². The molecule has 132 valence electrons. The molecule has 0 fully saturated rings. The molecule has 0 bridgehead atoms. The first-order chi connectivity index (χ1) is 5.36. The minimum atomic E-state index is -3.11. The fourth-order valence-electron chi connectivity index (χ4n) is 0.400. The Morgan fingerprint density at radius 2 is 0.762 bits per heavy atom. The van der Waals surface area contributed by atoms with Gasteiger partial charge in [0.05, 0.1) is 0 Å². The van der Waals surface area contributed by atoms with E-state index < -0.39 is 11.4 Å². The van der Waals surface area contributed by atoms with Crippen LogP contribution in [0.2, 0.25) is 0 Å². The zero-order valence-electron chi connectivity index (χ0n) is 13.4. The van der Waals surface area contributed by atoms with Crippen molar-refractivity contribution in [3.63, 3.8) is 0 Å². The molecule has 0 aromatic heterocycles. The van der Waals surface area contributed by atoms with E-state index >= 15 is 0 Å². The molecule has 14 N–H and O–H groups in total. The summed E-state index contributed by atoms with van der Waals surface area (Å²) in [5, 5.41) is 0. The largest absolute Gasteiger partial charge is 1.00 e. The fourth-order valence-corrected chi connectivity index (χ4v) is 0.400. The summed E-state index contributed by atoms with van der Waals surface area (Å²) in [5.74, 6) is 0. The average molecular weight is 368 g/mol. The van der Waals surface area contributed by atoms with Gasteiger partial charge in [0.15, 0.2) is 0 Å².